The van der Waals surface area contributed by atoms with E-state index in [9.17, 15) is 18.3 Å². The number of halogens is 6. The predicted octanol–water partition coefficient (Wildman–Crippen LogP) is 3.59. The van der Waals surface area contributed by atoms with Crippen LogP contribution in [0.2, 0.25) is 0 Å². The van der Waals surface area contributed by atoms with Gasteiger partial charge in [-0.3, -0.25) is 0 Å². The SMILES string of the molecule is Cl.N[C@H](c1cc(I)c(O)c(I)c1)C(F)(F)F. The lowest BCUT2D eigenvalue weighted by Crippen LogP contribution is -2.28. The van der Waals surface area contributed by atoms with Crippen molar-refractivity contribution in [1.82, 2.24) is 0 Å². The lowest BCUT2D eigenvalue weighted by Gasteiger charge is -2.16. The molecule has 8 heteroatoms. The number of nitrogens with two attached hydrogens (primary N) is 1. The fraction of sp³-hybridized carbons (Fsp3) is 0.250. The molecule has 0 aliphatic heterocycles. The molecule has 0 amide bonds. The number of alkyl halides is 3. The molecule has 1 aromatic carbocycles. The first-order chi connectivity index (χ1) is 6.73. The molecule has 16 heavy (non-hydrogen) atoms. The van der Waals surface area contributed by atoms with Crippen molar-refractivity contribution in [3.63, 3.8) is 0 Å². The second-order valence-corrected chi connectivity index (χ2v) is 5.18. The minimum absolute atomic E-state index is 0. The lowest BCUT2D eigenvalue weighted by molar-refractivity contribution is -0.149. The largest absolute Gasteiger partial charge is 0.506 e. The number of aromatic hydroxyl groups is 1. The molecule has 2 nitrogen and oxygen atoms in total. The van der Waals surface area contributed by atoms with E-state index in [0.717, 1.165) is 0 Å². The molecule has 3 N–H and O–H groups in total. The van der Waals surface area contributed by atoms with Crippen LogP contribution in [0.5, 0.6) is 5.75 Å². The van der Waals surface area contributed by atoms with E-state index in [2.05, 4.69) is 0 Å². The standard InChI is InChI=1S/C8H6F3I2NO.ClH/c9-8(10,11)7(14)3-1-4(12)6(15)5(13)2-3;/h1-2,7,15H,14H2;1H/t7-;/m1./s1. The maximum absolute atomic E-state index is 12.3. The Kier molecular flexibility index (Phi) is 6.11. The molecule has 0 radical (unpaired) electrons. The second-order valence-electron chi connectivity index (χ2n) is 2.85. The summed E-state index contributed by atoms with van der Waals surface area (Å²) in [7, 11) is 0. The van der Waals surface area contributed by atoms with Crippen LogP contribution in [0.25, 0.3) is 0 Å². The molecule has 0 aliphatic carbocycles. The normalized spacial score (nSPS) is 13.1. The third kappa shape index (κ3) is 3.77. The first-order valence-corrected chi connectivity index (χ1v) is 5.89. The van der Waals surface area contributed by atoms with Gasteiger partial charge in [0, 0.05) is 0 Å². The smallest absolute Gasteiger partial charge is 0.407 e. The van der Waals surface area contributed by atoms with Crippen LogP contribution in [-0.4, -0.2) is 11.3 Å². The predicted molar refractivity (Wildman–Crippen MR) is 73.8 cm³/mol. The number of rotatable bonds is 1. The molecule has 0 aliphatic rings. The maximum atomic E-state index is 12.3. The van der Waals surface area contributed by atoms with Crippen molar-refractivity contribution in [2.45, 2.75) is 12.2 Å². The number of benzene rings is 1. The maximum Gasteiger partial charge on any atom is 0.407 e. The molecule has 0 heterocycles. The summed E-state index contributed by atoms with van der Waals surface area (Å²) in [6, 6.07) is 0.451. The molecular formula is C8H7ClF3I2NO. The summed E-state index contributed by atoms with van der Waals surface area (Å²) in [5, 5.41) is 9.38. The summed E-state index contributed by atoms with van der Waals surface area (Å²) in [4.78, 5) is 0. The zero-order valence-corrected chi connectivity index (χ0v) is 12.7. The average molecular weight is 479 g/mol. The van der Waals surface area contributed by atoms with Crippen LogP contribution in [0.1, 0.15) is 11.6 Å². The highest BCUT2D eigenvalue weighted by molar-refractivity contribution is 14.1. The first kappa shape index (κ1) is 16.5. The average Bonchev–Trinajstić information content (AvgIpc) is 2.10. The highest BCUT2D eigenvalue weighted by atomic mass is 127. The van der Waals surface area contributed by atoms with E-state index in [-0.39, 0.29) is 23.7 Å². The van der Waals surface area contributed by atoms with E-state index < -0.39 is 12.2 Å². The second kappa shape index (κ2) is 5.91. The fourth-order valence-electron chi connectivity index (χ4n) is 0.954. The highest BCUT2D eigenvalue weighted by Gasteiger charge is 2.38. The fourth-order valence-corrected chi connectivity index (χ4v) is 2.77. The summed E-state index contributed by atoms with van der Waals surface area (Å²) < 4.78 is 37.6. The lowest BCUT2D eigenvalue weighted by atomic mass is 10.1. The van der Waals surface area contributed by atoms with Gasteiger partial charge in [0.25, 0.3) is 0 Å². The molecule has 0 unspecified atom stereocenters. The van der Waals surface area contributed by atoms with Crippen LogP contribution in [0.15, 0.2) is 12.1 Å². The van der Waals surface area contributed by atoms with Crippen molar-refractivity contribution >= 4 is 57.6 Å². The van der Waals surface area contributed by atoms with E-state index in [0.29, 0.717) is 7.14 Å². The van der Waals surface area contributed by atoms with Gasteiger partial charge in [-0.05, 0) is 62.9 Å². The molecule has 0 saturated carbocycles. The molecule has 0 spiro atoms. The van der Waals surface area contributed by atoms with Crippen LogP contribution in [0.4, 0.5) is 13.2 Å². The summed E-state index contributed by atoms with van der Waals surface area (Å²) in [5.74, 6) is -0.0191. The Balaban J connectivity index is 0.00000225. The van der Waals surface area contributed by atoms with Crippen molar-refractivity contribution in [1.29, 1.82) is 0 Å². The number of phenolic OH excluding ortho intramolecular Hbond substituents is 1. The summed E-state index contributed by atoms with van der Waals surface area (Å²) in [6.07, 6.45) is -4.47. The molecule has 0 saturated heterocycles. The molecular weight excluding hydrogens is 472 g/mol. The van der Waals surface area contributed by atoms with Gasteiger partial charge >= 0.3 is 6.18 Å². The van der Waals surface area contributed by atoms with Crippen LogP contribution in [0.3, 0.4) is 0 Å². The molecule has 1 aromatic rings. The van der Waals surface area contributed by atoms with Gasteiger partial charge in [-0.2, -0.15) is 13.2 Å². The minimum atomic E-state index is -4.47. The molecule has 0 aromatic heterocycles. The van der Waals surface area contributed by atoms with Gasteiger partial charge in [0.05, 0.1) is 7.14 Å². The number of hydrogen-bond acceptors (Lipinski definition) is 2. The van der Waals surface area contributed by atoms with E-state index in [1.54, 1.807) is 45.2 Å². The van der Waals surface area contributed by atoms with E-state index >= 15 is 0 Å². The summed E-state index contributed by atoms with van der Waals surface area (Å²) >= 11 is 3.52. The molecule has 1 rings (SSSR count). The van der Waals surface area contributed by atoms with Gasteiger partial charge in [0.2, 0.25) is 0 Å². The number of phenols is 1. The van der Waals surface area contributed by atoms with Crippen LogP contribution in [-0.2, 0) is 0 Å². The monoisotopic (exact) mass is 479 g/mol. The highest BCUT2D eigenvalue weighted by Crippen LogP contribution is 2.35. The zero-order chi connectivity index (χ0) is 11.8. The van der Waals surface area contributed by atoms with Crippen LogP contribution >= 0.6 is 57.6 Å². The van der Waals surface area contributed by atoms with E-state index in [1.807, 2.05) is 0 Å². The van der Waals surface area contributed by atoms with Crippen molar-refractivity contribution in [2.24, 2.45) is 5.73 Å². The topological polar surface area (TPSA) is 46.2 Å². The third-order valence-corrected chi connectivity index (χ3v) is 3.40. The van der Waals surface area contributed by atoms with Gasteiger partial charge in [-0.1, -0.05) is 0 Å². The van der Waals surface area contributed by atoms with Crippen molar-refractivity contribution in [2.75, 3.05) is 0 Å². The van der Waals surface area contributed by atoms with E-state index in [1.165, 1.54) is 12.1 Å². The Hall–Kier alpha value is 0.520. The molecule has 0 fully saturated rings. The van der Waals surface area contributed by atoms with Gasteiger partial charge in [0.1, 0.15) is 11.8 Å². The van der Waals surface area contributed by atoms with E-state index in [4.69, 9.17) is 5.73 Å². The van der Waals surface area contributed by atoms with Gasteiger partial charge in [-0.15, -0.1) is 12.4 Å². The molecule has 1 atom stereocenters. The van der Waals surface area contributed by atoms with Crippen molar-refractivity contribution < 1.29 is 18.3 Å². The van der Waals surface area contributed by atoms with Crippen molar-refractivity contribution in [3.05, 3.63) is 24.8 Å². The first-order valence-electron chi connectivity index (χ1n) is 3.73. The van der Waals surface area contributed by atoms with Gasteiger partial charge in [-0.25, -0.2) is 0 Å². The van der Waals surface area contributed by atoms with Gasteiger partial charge in [0.15, 0.2) is 0 Å². The van der Waals surface area contributed by atoms with Crippen LogP contribution in [0, 0.1) is 7.14 Å². The molecule has 0 bridgehead atoms. The Morgan fingerprint density at radius 2 is 1.56 bits per heavy atom. The minimum Gasteiger partial charge on any atom is -0.506 e. The zero-order valence-electron chi connectivity index (χ0n) is 7.55. The van der Waals surface area contributed by atoms with Gasteiger partial charge < -0.3 is 10.8 Å². The van der Waals surface area contributed by atoms with Crippen molar-refractivity contribution in [3.8, 4) is 5.75 Å². The Bertz CT molecular complexity index is 363. The number of hydrogen-bond donors (Lipinski definition) is 2. The quantitative estimate of drug-likeness (QED) is 0.605. The Morgan fingerprint density at radius 3 is 1.88 bits per heavy atom. The summed E-state index contributed by atoms with van der Waals surface area (Å²) in [6.45, 7) is 0. The van der Waals surface area contributed by atoms with Crippen LogP contribution < -0.4 is 5.73 Å². The summed E-state index contributed by atoms with van der Waals surface area (Å²) in [5.41, 5.74) is 5.00. The molecule has 92 valence electrons. The Morgan fingerprint density at radius 1 is 1.19 bits per heavy atom. The Labute approximate surface area is 123 Å². The third-order valence-electron chi connectivity index (χ3n) is 1.75.